The van der Waals surface area contributed by atoms with Gasteiger partial charge in [-0.2, -0.15) is 0 Å². The van der Waals surface area contributed by atoms with Crippen molar-refractivity contribution in [2.24, 2.45) is 0 Å². The van der Waals surface area contributed by atoms with Crippen LogP contribution < -0.4 is 10.2 Å². The van der Waals surface area contributed by atoms with Gasteiger partial charge in [0.05, 0.1) is 6.26 Å². The molecular formula is C18H18N2O2. The van der Waals surface area contributed by atoms with Crippen LogP contribution in [0.25, 0.3) is 11.0 Å². The van der Waals surface area contributed by atoms with Crippen LogP contribution in [-0.4, -0.2) is 13.0 Å². The summed E-state index contributed by atoms with van der Waals surface area (Å²) in [6.07, 6.45) is 1.79. The van der Waals surface area contributed by atoms with Gasteiger partial charge in [0.1, 0.15) is 5.58 Å². The molecule has 0 aliphatic carbocycles. The van der Waals surface area contributed by atoms with E-state index in [2.05, 4.69) is 11.4 Å². The summed E-state index contributed by atoms with van der Waals surface area (Å²) in [4.78, 5) is 13.0. The Hall–Kier alpha value is -2.75. The first-order valence-corrected chi connectivity index (χ1v) is 7.18. The topological polar surface area (TPSA) is 45.5 Å². The third kappa shape index (κ3) is 2.81. The van der Waals surface area contributed by atoms with Gasteiger partial charge in [0.25, 0.3) is 0 Å². The van der Waals surface area contributed by atoms with Crippen molar-refractivity contribution in [3.63, 3.8) is 0 Å². The van der Waals surface area contributed by atoms with Crippen LogP contribution >= 0.6 is 0 Å². The second-order valence-corrected chi connectivity index (χ2v) is 5.24. The van der Waals surface area contributed by atoms with Crippen molar-refractivity contribution in [1.29, 1.82) is 0 Å². The normalized spacial score (nSPS) is 10.6. The lowest BCUT2D eigenvalue weighted by Crippen LogP contribution is -2.22. The number of anilines is 2. The molecular weight excluding hydrogens is 276 g/mol. The highest BCUT2D eigenvalue weighted by molar-refractivity contribution is 5.91. The van der Waals surface area contributed by atoms with Crippen molar-refractivity contribution in [3.05, 3.63) is 60.4 Å². The summed E-state index contributed by atoms with van der Waals surface area (Å²) >= 11 is 0. The second kappa shape index (κ2) is 5.93. The Kier molecular flexibility index (Phi) is 3.83. The number of carbonyl (C=O) groups excluding carboxylic acids is 1. The number of hydrogen-bond acceptors (Lipinski definition) is 3. The molecule has 0 spiro atoms. The number of nitrogens with one attached hydrogen (secondary N) is 1. The van der Waals surface area contributed by atoms with E-state index in [-0.39, 0.29) is 5.91 Å². The van der Waals surface area contributed by atoms with Gasteiger partial charge in [0.15, 0.2) is 0 Å². The first kappa shape index (κ1) is 14.2. The number of amides is 1. The largest absolute Gasteiger partial charge is 0.464 e. The molecule has 1 N–H and O–H groups in total. The summed E-state index contributed by atoms with van der Waals surface area (Å²) in [7, 11) is 1.77. The molecule has 22 heavy (non-hydrogen) atoms. The fourth-order valence-electron chi connectivity index (χ4n) is 2.35. The Morgan fingerprint density at radius 1 is 1.14 bits per heavy atom. The Bertz CT molecular complexity index is 790. The highest BCUT2D eigenvalue weighted by atomic mass is 16.3. The van der Waals surface area contributed by atoms with Gasteiger partial charge in [-0.05, 0) is 30.3 Å². The van der Waals surface area contributed by atoms with E-state index in [0.717, 1.165) is 27.9 Å². The molecule has 0 saturated heterocycles. The number of furan rings is 1. The molecule has 0 bridgehead atoms. The van der Waals surface area contributed by atoms with Crippen LogP contribution in [0.3, 0.4) is 0 Å². The van der Waals surface area contributed by atoms with E-state index in [4.69, 9.17) is 4.42 Å². The summed E-state index contributed by atoms with van der Waals surface area (Å²) < 4.78 is 5.53. The van der Waals surface area contributed by atoms with Crippen molar-refractivity contribution in [2.75, 3.05) is 17.3 Å². The van der Waals surface area contributed by atoms with E-state index in [1.54, 1.807) is 25.1 Å². The molecule has 3 rings (SSSR count). The molecule has 2 aromatic carbocycles. The monoisotopic (exact) mass is 294 g/mol. The number of nitrogens with zero attached hydrogens (tertiary/aromatic N) is 1. The van der Waals surface area contributed by atoms with Crippen LogP contribution in [0.4, 0.5) is 11.4 Å². The summed E-state index contributed by atoms with van der Waals surface area (Å²) in [5, 5.41) is 4.50. The van der Waals surface area contributed by atoms with E-state index >= 15 is 0 Å². The van der Waals surface area contributed by atoms with Gasteiger partial charge in [-0.25, -0.2) is 0 Å². The number of benzene rings is 2. The highest BCUT2D eigenvalue weighted by Gasteiger charge is 2.06. The molecule has 0 unspecified atom stereocenters. The maximum absolute atomic E-state index is 11.3. The Balaban J connectivity index is 1.70. The van der Waals surface area contributed by atoms with Gasteiger partial charge in [0, 0.05) is 42.8 Å². The predicted molar refractivity (Wildman–Crippen MR) is 89.1 cm³/mol. The Labute approximate surface area is 129 Å². The van der Waals surface area contributed by atoms with Gasteiger partial charge < -0.3 is 14.6 Å². The van der Waals surface area contributed by atoms with Crippen LogP contribution in [0.2, 0.25) is 0 Å². The fraction of sp³-hybridized carbons (Fsp3) is 0.167. The van der Waals surface area contributed by atoms with Crippen LogP contribution in [0.1, 0.15) is 12.5 Å². The van der Waals surface area contributed by atoms with Crippen molar-refractivity contribution < 1.29 is 9.21 Å². The molecule has 4 heteroatoms. The lowest BCUT2D eigenvalue weighted by molar-refractivity contribution is -0.116. The molecule has 1 amide bonds. The number of para-hydroxylation sites is 1. The maximum atomic E-state index is 11.3. The van der Waals surface area contributed by atoms with Gasteiger partial charge >= 0.3 is 0 Å². The highest BCUT2D eigenvalue weighted by Crippen LogP contribution is 2.22. The van der Waals surface area contributed by atoms with E-state index < -0.39 is 0 Å². The summed E-state index contributed by atoms with van der Waals surface area (Å²) in [6.45, 7) is 2.25. The van der Waals surface area contributed by atoms with Crippen LogP contribution in [-0.2, 0) is 11.3 Å². The first-order chi connectivity index (χ1) is 10.6. The van der Waals surface area contributed by atoms with Crippen molar-refractivity contribution in [3.8, 4) is 0 Å². The molecule has 0 atom stereocenters. The standard InChI is InChI=1S/C18H18N2O2/c1-13(21)20(2)16-9-7-15(8-10-16)19-11-14-12-22-18-6-4-3-5-17(14)18/h3-10,12,19H,11H2,1-2H3. The summed E-state index contributed by atoms with van der Waals surface area (Å²) in [5.74, 6) is 0.0191. The zero-order valence-electron chi connectivity index (χ0n) is 12.7. The zero-order valence-corrected chi connectivity index (χ0v) is 12.7. The van der Waals surface area contributed by atoms with Gasteiger partial charge in [-0.3, -0.25) is 4.79 Å². The Morgan fingerprint density at radius 2 is 1.86 bits per heavy atom. The third-order valence-corrected chi connectivity index (χ3v) is 3.77. The number of carbonyl (C=O) groups is 1. The molecule has 0 radical (unpaired) electrons. The van der Waals surface area contributed by atoms with Crippen molar-refractivity contribution >= 4 is 28.3 Å². The lowest BCUT2D eigenvalue weighted by Gasteiger charge is -2.15. The van der Waals surface area contributed by atoms with E-state index in [1.165, 1.54) is 0 Å². The third-order valence-electron chi connectivity index (χ3n) is 3.77. The second-order valence-electron chi connectivity index (χ2n) is 5.24. The Morgan fingerprint density at radius 3 is 2.59 bits per heavy atom. The number of hydrogen-bond donors (Lipinski definition) is 1. The minimum Gasteiger partial charge on any atom is -0.464 e. The molecule has 112 valence electrons. The lowest BCUT2D eigenvalue weighted by atomic mass is 10.1. The maximum Gasteiger partial charge on any atom is 0.223 e. The minimum absolute atomic E-state index is 0.0191. The molecule has 0 aliphatic heterocycles. The number of rotatable bonds is 4. The summed E-state index contributed by atoms with van der Waals surface area (Å²) in [5.41, 5.74) is 3.91. The van der Waals surface area contributed by atoms with E-state index in [9.17, 15) is 4.79 Å². The molecule has 3 aromatic rings. The summed E-state index contributed by atoms with van der Waals surface area (Å²) in [6, 6.07) is 15.8. The average molecular weight is 294 g/mol. The van der Waals surface area contributed by atoms with Crippen LogP contribution in [0, 0.1) is 0 Å². The van der Waals surface area contributed by atoms with E-state index in [0.29, 0.717) is 6.54 Å². The van der Waals surface area contributed by atoms with Gasteiger partial charge in [-0.1, -0.05) is 18.2 Å². The molecule has 0 aliphatic rings. The van der Waals surface area contributed by atoms with E-state index in [1.807, 2.05) is 42.5 Å². The average Bonchev–Trinajstić information content (AvgIpc) is 2.96. The van der Waals surface area contributed by atoms with Gasteiger partial charge in [-0.15, -0.1) is 0 Å². The SMILES string of the molecule is CC(=O)N(C)c1ccc(NCc2coc3ccccc23)cc1. The fourth-order valence-corrected chi connectivity index (χ4v) is 2.35. The molecule has 1 aromatic heterocycles. The molecule has 4 nitrogen and oxygen atoms in total. The van der Waals surface area contributed by atoms with Gasteiger partial charge in [0.2, 0.25) is 5.91 Å². The zero-order chi connectivity index (χ0) is 15.5. The first-order valence-electron chi connectivity index (χ1n) is 7.18. The van der Waals surface area contributed by atoms with Crippen molar-refractivity contribution in [1.82, 2.24) is 0 Å². The van der Waals surface area contributed by atoms with Crippen LogP contribution in [0.5, 0.6) is 0 Å². The molecule has 0 saturated carbocycles. The molecule has 1 heterocycles. The smallest absolute Gasteiger partial charge is 0.223 e. The predicted octanol–water partition coefficient (Wildman–Crippen LogP) is 4.03. The molecule has 0 fully saturated rings. The number of fused-ring (bicyclic) bond motifs is 1. The van der Waals surface area contributed by atoms with Crippen molar-refractivity contribution in [2.45, 2.75) is 13.5 Å². The minimum atomic E-state index is 0.0191. The van der Waals surface area contributed by atoms with Crippen LogP contribution in [0.15, 0.2) is 59.2 Å². The quantitative estimate of drug-likeness (QED) is 0.790.